The second-order valence-electron chi connectivity index (χ2n) is 5.34. The molecule has 1 aliphatic rings. The van der Waals surface area contributed by atoms with Crippen LogP contribution in [0.25, 0.3) is 0 Å². The first kappa shape index (κ1) is 12.9. The van der Waals surface area contributed by atoms with Crippen molar-refractivity contribution in [2.24, 2.45) is 0 Å². The molecule has 2 aromatic rings. The van der Waals surface area contributed by atoms with Crippen molar-refractivity contribution >= 4 is 11.6 Å². The van der Waals surface area contributed by atoms with Crippen molar-refractivity contribution in [1.29, 1.82) is 0 Å². The highest BCUT2D eigenvalue weighted by atomic mass is 16.1. The van der Waals surface area contributed by atoms with Crippen LogP contribution in [-0.2, 0) is 19.3 Å². The number of fused-ring (bicyclic) bond motifs is 1. The Kier molecular flexibility index (Phi) is 3.55. The Morgan fingerprint density at radius 1 is 1.05 bits per heavy atom. The monoisotopic (exact) mass is 265 g/mol. The largest absolute Gasteiger partial charge is 0.322 e. The molecule has 0 radical (unpaired) electrons. The number of amides is 1. The van der Waals surface area contributed by atoms with Crippen molar-refractivity contribution in [3.8, 4) is 0 Å². The minimum absolute atomic E-state index is 0.0241. The highest BCUT2D eigenvalue weighted by Crippen LogP contribution is 2.23. The second-order valence-corrected chi connectivity index (χ2v) is 5.34. The molecule has 2 nitrogen and oxygen atoms in total. The number of carbonyl (C=O) groups excluding carboxylic acids is 1. The molecule has 0 bridgehead atoms. The van der Waals surface area contributed by atoms with Crippen LogP contribution < -0.4 is 5.32 Å². The SMILES string of the molecule is CCc1ccc(NC(=O)c2ccc3c(c2)CCC3)cc1. The van der Waals surface area contributed by atoms with Gasteiger partial charge in [0, 0.05) is 11.3 Å². The van der Waals surface area contributed by atoms with Crippen LogP contribution in [0.4, 0.5) is 5.69 Å². The van der Waals surface area contributed by atoms with Crippen LogP contribution in [0.5, 0.6) is 0 Å². The quantitative estimate of drug-likeness (QED) is 0.893. The van der Waals surface area contributed by atoms with E-state index in [4.69, 9.17) is 0 Å². The summed E-state index contributed by atoms with van der Waals surface area (Å²) in [5.74, 6) is -0.0241. The van der Waals surface area contributed by atoms with E-state index in [-0.39, 0.29) is 5.91 Å². The Balaban J connectivity index is 1.75. The third-order valence-electron chi connectivity index (χ3n) is 3.98. The highest BCUT2D eigenvalue weighted by molar-refractivity contribution is 6.04. The number of hydrogen-bond donors (Lipinski definition) is 1. The number of carbonyl (C=O) groups is 1. The number of nitrogens with one attached hydrogen (secondary N) is 1. The van der Waals surface area contributed by atoms with Crippen LogP contribution >= 0.6 is 0 Å². The predicted molar refractivity (Wildman–Crippen MR) is 82.2 cm³/mol. The molecule has 0 heterocycles. The van der Waals surface area contributed by atoms with Gasteiger partial charge in [-0.3, -0.25) is 4.79 Å². The predicted octanol–water partition coefficient (Wildman–Crippen LogP) is 3.99. The fourth-order valence-corrected chi connectivity index (χ4v) is 2.74. The Morgan fingerprint density at radius 3 is 2.55 bits per heavy atom. The lowest BCUT2D eigenvalue weighted by Crippen LogP contribution is -2.12. The highest BCUT2D eigenvalue weighted by Gasteiger charge is 2.13. The van der Waals surface area contributed by atoms with Crippen LogP contribution in [0.1, 0.15) is 40.4 Å². The molecule has 2 heteroatoms. The first-order valence-electron chi connectivity index (χ1n) is 7.28. The van der Waals surface area contributed by atoms with E-state index < -0.39 is 0 Å². The van der Waals surface area contributed by atoms with Gasteiger partial charge in [0.2, 0.25) is 0 Å². The van der Waals surface area contributed by atoms with E-state index in [1.54, 1.807) is 0 Å². The number of rotatable bonds is 3. The van der Waals surface area contributed by atoms with Gasteiger partial charge in [-0.15, -0.1) is 0 Å². The van der Waals surface area contributed by atoms with Gasteiger partial charge < -0.3 is 5.32 Å². The summed E-state index contributed by atoms with van der Waals surface area (Å²) in [6.45, 7) is 2.12. The van der Waals surface area contributed by atoms with E-state index in [1.807, 2.05) is 24.3 Å². The zero-order chi connectivity index (χ0) is 13.9. The van der Waals surface area contributed by atoms with Crippen LogP contribution in [0.2, 0.25) is 0 Å². The fourth-order valence-electron chi connectivity index (χ4n) is 2.74. The summed E-state index contributed by atoms with van der Waals surface area (Å²) < 4.78 is 0. The number of anilines is 1. The smallest absolute Gasteiger partial charge is 0.255 e. The van der Waals surface area contributed by atoms with Gasteiger partial charge in [-0.25, -0.2) is 0 Å². The Bertz CT molecular complexity index is 628. The van der Waals surface area contributed by atoms with Crippen molar-refractivity contribution in [3.63, 3.8) is 0 Å². The molecule has 0 fully saturated rings. The van der Waals surface area contributed by atoms with E-state index >= 15 is 0 Å². The molecular formula is C18H19NO. The molecule has 20 heavy (non-hydrogen) atoms. The van der Waals surface area contributed by atoms with Gasteiger partial charge in [0.1, 0.15) is 0 Å². The Hall–Kier alpha value is -2.09. The molecule has 0 spiro atoms. The van der Waals surface area contributed by atoms with Crippen molar-refractivity contribution in [2.45, 2.75) is 32.6 Å². The second kappa shape index (κ2) is 5.49. The van der Waals surface area contributed by atoms with Gasteiger partial charge in [0.05, 0.1) is 0 Å². The number of benzene rings is 2. The van der Waals surface area contributed by atoms with Crippen LogP contribution in [0.3, 0.4) is 0 Å². The average molecular weight is 265 g/mol. The molecule has 0 aromatic heterocycles. The fraction of sp³-hybridized carbons (Fsp3) is 0.278. The van der Waals surface area contributed by atoms with E-state index in [1.165, 1.54) is 23.1 Å². The lowest BCUT2D eigenvalue weighted by atomic mass is 10.1. The summed E-state index contributed by atoms with van der Waals surface area (Å²) in [6.07, 6.45) is 4.47. The minimum atomic E-state index is -0.0241. The molecule has 1 N–H and O–H groups in total. The number of hydrogen-bond acceptors (Lipinski definition) is 1. The summed E-state index contributed by atoms with van der Waals surface area (Å²) in [5.41, 5.74) is 5.62. The van der Waals surface area contributed by atoms with E-state index in [2.05, 4.69) is 30.4 Å². The molecule has 0 atom stereocenters. The van der Waals surface area contributed by atoms with Gasteiger partial charge in [0.25, 0.3) is 5.91 Å². The summed E-state index contributed by atoms with van der Waals surface area (Å²) in [6, 6.07) is 14.1. The molecule has 1 aliphatic carbocycles. The van der Waals surface area contributed by atoms with Crippen molar-refractivity contribution in [1.82, 2.24) is 0 Å². The average Bonchev–Trinajstić information content (AvgIpc) is 2.95. The van der Waals surface area contributed by atoms with E-state index in [0.717, 1.165) is 30.5 Å². The zero-order valence-corrected chi connectivity index (χ0v) is 11.8. The standard InChI is InChI=1S/C18H19NO/c1-2-13-6-10-17(11-7-13)19-18(20)16-9-8-14-4-3-5-15(14)12-16/h6-12H,2-5H2,1H3,(H,19,20). The van der Waals surface area contributed by atoms with Crippen LogP contribution in [0.15, 0.2) is 42.5 Å². The summed E-state index contributed by atoms with van der Waals surface area (Å²) >= 11 is 0. The Labute approximate surface area is 119 Å². The van der Waals surface area contributed by atoms with E-state index in [0.29, 0.717) is 0 Å². The molecule has 102 valence electrons. The normalized spacial score (nSPS) is 13.1. The maximum Gasteiger partial charge on any atom is 0.255 e. The zero-order valence-electron chi connectivity index (χ0n) is 11.8. The minimum Gasteiger partial charge on any atom is -0.322 e. The topological polar surface area (TPSA) is 29.1 Å². The Morgan fingerprint density at radius 2 is 1.80 bits per heavy atom. The molecule has 0 saturated heterocycles. The van der Waals surface area contributed by atoms with Crippen molar-refractivity contribution in [2.75, 3.05) is 5.32 Å². The third kappa shape index (κ3) is 2.60. The van der Waals surface area contributed by atoms with Gasteiger partial charge in [-0.1, -0.05) is 25.1 Å². The first-order valence-corrected chi connectivity index (χ1v) is 7.28. The maximum absolute atomic E-state index is 12.3. The van der Waals surface area contributed by atoms with Gasteiger partial charge >= 0.3 is 0 Å². The summed E-state index contributed by atoms with van der Waals surface area (Å²) in [7, 11) is 0. The lowest BCUT2D eigenvalue weighted by molar-refractivity contribution is 0.102. The van der Waals surface area contributed by atoms with Gasteiger partial charge in [-0.2, -0.15) is 0 Å². The number of aryl methyl sites for hydroxylation is 3. The molecule has 0 aliphatic heterocycles. The first-order chi connectivity index (χ1) is 9.76. The summed E-state index contributed by atoms with van der Waals surface area (Å²) in [5, 5.41) is 2.96. The van der Waals surface area contributed by atoms with Crippen LogP contribution in [0, 0.1) is 0 Å². The summed E-state index contributed by atoms with van der Waals surface area (Å²) in [4.78, 5) is 12.3. The van der Waals surface area contributed by atoms with Crippen molar-refractivity contribution in [3.05, 3.63) is 64.7 Å². The molecule has 1 amide bonds. The van der Waals surface area contributed by atoms with Crippen LogP contribution in [-0.4, -0.2) is 5.91 Å². The van der Waals surface area contributed by atoms with Gasteiger partial charge in [-0.05, 0) is 66.6 Å². The lowest BCUT2D eigenvalue weighted by Gasteiger charge is -2.07. The molecule has 0 unspecified atom stereocenters. The molecule has 3 rings (SSSR count). The maximum atomic E-state index is 12.3. The van der Waals surface area contributed by atoms with E-state index in [9.17, 15) is 4.79 Å². The third-order valence-corrected chi connectivity index (χ3v) is 3.98. The van der Waals surface area contributed by atoms with Gasteiger partial charge in [0.15, 0.2) is 0 Å². The molecule has 2 aromatic carbocycles. The molecule has 0 saturated carbocycles. The molecular weight excluding hydrogens is 246 g/mol. The van der Waals surface area contributed by atoms with Crippen molar-refractivity contribution < 1.29 is 4.79 Å².